The highest BCUT2D eigenvalue weighted by atomic mass is 16.3. The van der Waals surface area contributed by atoms with Crippen LogP contribution in [0.25, 0.3) is 0 Å². The van der Waals surface area contributed by atoms with Crippen molar-refractivity contribution in [3.63, 3.8) is 0 Å². The molecule has 1 aliphatic rings. The van der Waals surface area contributed by atoms with E-state index in [1.54, 1.807) is 12.1 Å². The van der Waals surface area contributed by atoms with Crippen molar-refractivity contribution < 1.29 is 10.2 Å². The molecule has 0 aromatic heterocycles. The van der Waals surface area contributed by atoms with Crippen molar-refractivity contribution in [3.05, 3.63) is 59.7 Å². The largest absolute Gasteiger partial charge is 0.507 e. The van der Waals surface area contributed by atoms with Gasteiger partial charge in [-0.2, -0.15) is 0 Å². The van der Waals surface area contributed by atoms with E-state index in [9.17, 15) is 10.2 Å². The molecule has 0 saturated heterocycles. The molecule has 136 valence electrons. The maximum absolute atomic E-state index is 10.1. The summed E-state index contributed by atoms with van der Waals surface area (Å²) in [6.07, 6.45) is 4.27. The second kappa shape index (κ2) is 8.17. The molecule has 26 heavy (non-hydrogen) atoms. The van der Waals surface area contributed by atoms with Crippen LogP contribution < -0.4 is 0 Å². The smallest absolute Gasteiger partial charge is 0.124 e. The van der Waals surface area contributed by atoms with E-state index >= 15 is 0 Å². The molecule has 0 aliphatic heterocycles. The van der Waals surface area contributed by atoms with Crippen LogP contribution in [0.5, 0.6) is 11.5 Å². The monoisotopic (exact) mass is 350 g/mol. The first-order valence-corrected chi connectivity index (χ1v) is 9.22. The van der Waals surface area contributed by atoms with E-state index in [0.29, 0.717) is 0 Å². The highest BCUT2D eigenvalue weighted by Gasteiger charge is 2.25. The molecule has 0 heterocycles. The number of rotatable bonds is 4. The lowest BCUT2D eigenvalue weighted by Gasteiger charge is -2.27. The van der Waals surface area contributed by atoms with Crippen molar-refractivity contribution in [1.29, 1.82) is 0 Å². The van der Waals surface area contributed by atoms with Gasteiger partial charge in [-0.1, -0.05) is 37.1 Å². The quantitative estimate of drug-likeness (QED) is 0.783. The van der Waals surface area contributed by atoms with E-state index in [0.717, 1.165) is 48.2 Å². The summed E-state index contributed by atoms with van der Waals surface area (Å²) in [4.78, 5) is 9.81. The molecule has 0 spiro atoms. The molecule has 4 nitrogen and oxygen atoms in total. The lowest BCUT2D eigenvalue weighted by atomic mass is 9.90. The van der Waals surface area contributed by atoms with Gasteiger partial charge in [-0.3, -0.25) is 9.98 Å². The third-order valence-electron chi connectivity index (χ3n) is 5.00. The summed E-state index contributed by atoms with van der Waals surface area (Å²) in [7, 11) is 0. The van der Waals surface area contributed by atoms with Gasteiger partial charge in [-0.05, 0) is 51.0 Å². The number of hydrogen-bond donors (Lipinski definition) is 2. The molecule has 1 saturated carbocycles. The molecule has 2 atom stereocenters. The van der Waals surface area contributed by atoms with Crippen molar-refractivity contribution in [3.8, 4) is 11.5 Å². The Morgan fingerprint density at radius 2 is 1.12 bits per heavy atom. The van der Waals surface area contributed by atoms with Crippen molar-refractivity contribution >= 4 is 11.4 Å². The third kappa shape index (κ3) is 4.13. The lowest BCUT2D eigenvalue weighted by Crippen LogP contribution is -2.29. The summed E-state index contributed by atoms with van der Waals surface area (Å²) in [5, 5.41) is 20.1. The number of phenolic OH excluding ortho intramolecular Hbond substituents is 2. The molecular weight excluding hydrogens is 324 g/mol. The Morgan fingerprint density at radius 3 is 1.50 bits per heavy atom. The number of aromatic hydroxyl groups is 2. The van der Waals surface area contributed by atoms with Gasteiger partial charge in [0, 0.05) is 22.6 Å². The van der Waals surface area contributed by atoms with Crippen LogP contribution in [0.2, 0.25) is 0 Å². The fourth-order valence-corrected chi connectivity index (χ4v) is 3.59. The predicted octanol–water partition coefficient (Wildman–Crippen LogP) is 4.73. The minimum absolute atomic E-state index is 0.101. The van der Waals surface area contributed by atoms with E-state index < -0.39 is 0 Å². The fourth-order valence-electron chi connectivity index (χ4n) is 3.59. The Morgan fingerprint density at radius 1 is 0.731 bits per heavy atom. The predicted molar refractivity (Wildman–Crippen MR) is 107 cm³/mol. The third-order valence-corrected chi connectivity index (χ3v) is 5.00. The maximum Gasteiger partial charge on any atom is 0.124 e. The molecular formula is C22H26N2O2. The highest BCUT2D eigenvalue weighted by Crippen LogP contribution is 2.27. The molecule has 3 rings (SSSR count). The minimum atomic E-state index is 0.101. The molecule has 0 unspecified atom stereocenters. The summed E-state index contributed by atoms with van der Waals surface area (Å²) >= 11 is 0. The molecule has 2 aromatic rings. The van der Waals surface area contributed by atoms with Gasteiger partial charge < -0.3 is 10.2 Å². The Labute approximate surface area is 155 Å². The summed E-state index contributed by atoms with van der Waals surface area (Å²) in [5.74, 6) is 0.519. The van der Waals surface area contributed by atoms with Crippen LogP contribution in [-0.2, 0) is 0 Å². The zero-order valence-electron chi connectivity index (χ0n) is 15.4. The number of aliphatic imine (C=N–C) groups is 2. The van der Waals surface area contributed by atoms with Gasteiger partial charge in [-0.15, -0.1) is 0 Å². The van der Waals surface area contributed by atoms with Crippen molar-refractivity contribution in [2.75, 3.05) is 0 Å². The van der Waals surface area contributed by atoms with Crippen LogP contribution >= 0.6 is 0 Å². The highest BCUT2D eigenvalue weighted by molar-refractivity contribution is 6.02. The summed E-state index contributed by atoms with van der Waals surface area (Å²) in [5.41, 5.74) is 3.24. The van der Waals surface area contributed by atoms with Crippen LogP contribution in [0.3, 0.4) is 0 Å². The Bertz CT molecular complexity index is 757. The SMILES string of the molecule is CC(=N[C@H]1CCCC[C@H]1N=C(C)c1ccccc1O)c1ccccc1O. The van der Waals surface area contributed by atoms with Gasteiger partial charge in [0.15, 0.2) is 0 Å². The summed E-state index contributed by atoms with van der Waals surface area (Å²) in [6, 6.07) is 14.8. The van der Waals surface area contributed by atoms with Crippen LogP contribution in [0, 0.1) is 0 Å². The van der Waals surface area contributed by atoms with Gasteiger partial charge >= 0.3 is 0 Å². The first kappa shape index (κ1) is 18.2. The minimum Gasteiger partial charge on any atom is -0.507 e. The zero-order chi connectivity index (χ0) is 18.5. The van der Waals surface area contributed by atoms with Crippen molar-refractivity contribution in [2.24, 2.45) is 9.98 Å². The van der Waals surface area contributed by atoms with Crippen LogP contribution in [0.15, 0.2) is 58.5 Å². The van der Waals surface area contributed by atoms with E-state index in [4.69, 9.17) is 9.98 Å². The number of phenols is 2. The Hall–Kier alpha value is -2.62. The molecule has 0 bridgehead atoms. The van der Waals surface area contributed by atoms with E-state index in [1.807, 2.05) is 50.2 Å². The standard InChI is InChI=1S/C22H26N2O2/c1-15(17-9-3-7-13-21(17)25)23-19-11-5-6-12-20(19)24-16(2)18-10-4-8-14-22(18)26/h3-4,7-10,13-14,19-20,25-26H,5-6,11-12H2,1-2H3/t19-,20+. The number of benzene rings is 2. The fraction of sp³-hybridized carbons (Fsp3) is 0.364. The average molecular weight is 350 g/mol. The summed E-state index contributed by atoms with van der Waals surface area (Å²) < 4.78 is 0. The number of hydrogen-bond acceptors (Lipinski definition) is 4. The Balaban J connectivity index is 1.86. The summed E-state index contributed by atoms with van der Waals surface area (Å²) in [6.45, 7) is 3.89. The van der Waals surface area contributed by atoms with Crippen LogP contribution in [0.4, 0.5) is 0 Å². The van der Waals surface area contributed by atoms with Crippen LogP contribution in [-0.4, -0.2) is 33.7 Å². The molecule has 1 fully saturated rings. The van der Waals surface area contributed by atoms with E-state index in [-0.39, 0.29) is 23.6 Å². The van der Waals surface area contributed by atoms with Crippen molar-refractivity contribution in [2.45, 2.75) is 51.6 Å². The van der Waals surface area contributed by atoms with Gasteiger partial charge in [-0.25, -0.2) is 0 Å². The average Bonchev–Trinajstić information content (AvgIpc) is 2.64. The van der Waals surface area contributed by atoms with Gasteiger partial charge in [0.2, 0.25) is 0 Å². The van der Waals surface area contributed by atoms with Crippen molar-refractivity contribution in [1.82, 2.24) is 0 Å². The molecule has 2 aromatic carbocycles. The molecule has 2 N–H and O–H groups in total. The maximum atomic E-state index is 10.1. The van der Waals surface area contributed by atoms with Gasteiger partial charge in [0.25, 0.3) is 0 Å². The molecule has 1 aliphatic carbocycles. The van der Waals surface area contributed by atoms with Gasteiger partial charge in [0.05, 0.1) is 12.1 Å². The zero-order valence-corrected chi connectivity index (χ0v) is 15.4. The molecule has 0 amide bonds. The first-order chi connectivity index (χ1) is 12.6. The molecule has 4 heteroatoms. The lowest BCUT2D eigenvalue weighted by molar-refractivity contribution is 0.388. The Kier molecular flexibility index (Phi) is 5.71. The molecule has 0 radical (unpaired) electrons. The first-order valence-electron chi connectivity index (χ1n) is 9.22. The topological polar surface area (TPSA) is 65.2 Å². The number of para-hydroxylation sites is 2. The second-order valence-corrected chi connectivity index (χ2v) is 6.88. The van der Waals surface area contributed by atoms with Gasteiger partial charge in [0.1, 0.15) is 11.5 Å². The van der Waals surface area contributed by atoms with E-state index in [1.165, 1.54) is 0 Å². The second-order valence-electron chi connectivity index (χ2n) is 6.88. The number of nitrogens with zero attached hydrogens (tertiary/aromatic N) is 2. The van der Waals surface area contributed by atoms with E-state index in [2.05, 4.69) is 0 Å². The normalized spacial score (nSPS) is 21.6. The van der Waals surface area contributed by atoms with Crippen LogP contribution in [0.1, 0.15) is 50.7 Å².